The Morgan fingerprint density at radius 2 is 1.00 bits per heavy atom. The molecule has 0 aliphatic carbocycles. The van der Waals surface area contributed by atoms with E-state index >= 15 is 0 Å². The molecule has 0 atom stereocenters. The van der Waals surface area contributed by atoms with Crippen LogP contribution in [0.3, 0.4) is 0 Å². The molecule has 0 aliphatic heterocycles. The van der Waals surface area contributed by atoms with Crippen LogP contribution < -0.4 is 24.9 Å². The van der Waals surface area contributed by atoms with Crippen LogP contribution in [0, 0.1) is 0 Å². The normalized spacial score (nSPS) is 6.73. The average Bonchev–Trinajstić information content (AvgIpc) is 1.56. The Kier molecular flexibility index (Phi) is 59.2. The van der Waals surface area contributed by atoms with E-state index in [1.54, 1.807) is 0 Å². The number of phosphoric acid groups is 1. The monoisotopic (exact) mass is 277 g/mol. The summed E-state index contributed by atoms with van der Waals surface area (Å²) >= 11 is 0. The van der Waals surface area contributed by atoms with Crippen molar-refractivity contribution in [2.75, 3.05) is 0 Å². The molecule has 0 aromatic carbocycles. The van der Waals surface area contributed by atoms with Crippen molar-refractivity contribution in [2.45, 2.75) is 0 Å². The van der Waals surface area contributed by atoms with Crippen molar-refractivity contribution >= 4 is 83.1 Å². The van der Waals surface area contributed by atoms with E-state index < -0.39 is 14.0 Å². The molecule has 0 unspecified atom stereocenters. The fourth-order valence-corrected chi connectivity index (χ4v) is 0. The van der Waals surface area contributed by atoms with Gasteiger partial charge in [0.15, 0.2) is 0 Å². The van der Waals surface area contributed by atoms with Crippen molar-refractivity contribution in [1.82, 2.24) is 0 Å². The maximum Gasteiger partial charge on any atom is 2.00 e. The molecule has 0 amide bonds. The zero-order chi connectivity index (χ0) is 10.8. The van der Waals surface area contributed by atoms with E-state index in [0.29, 0.717) is 0 Å². The van der Waals surface area contributed by atoms with Gasteiger partial charge in [-0.1, -0.05) is 5.04 Å². The van der Waals surface area contributed by atoms with Crippen molar-refractivity contribution in [3.8, 4) is 0 Å². The van der Waals surface area contributed by atoms with E-state index in [0.717, 1.165) is 0 Å². The molecule has 0 heterocycles. The van der Waals surface area contributed by atoms with Crippen LogP contribution in [-0.2, 0) is 9.60 Å². The number of hydrogen-bond acceptors (Lipinski definition) is 10. The van der Waals surface area contributed by atoms with E-state index in [9.17, 15) is 0 Å². The molecule has 0 spiro atoms. The van der Waals surface area contributed by atoms with Crippen LogP contribution in [-0.4, -0.2) is 85.8 Å². The van der Waals surface area contributed by atoms with Crippen LogP contribution in [0.4, 0.5) is 4.79 Å². The van der Waals surface area contributed by atoms with Gasteiger partial charge in [0.2, 0.25) is 0 Å². The molecule has 14 heteroatoms. The summed E-state index contributed by atoms with van der Waals surface area (Å²) in [5.41, 5.74) is 0. The second-order valence-electron chi connectivity index (χ2n) is 0.779. The van der Waals surface area contributed by atoms with Crippen LogP contribution in [0.1, 0.15) is 0 Å². The molecule has 0 aromatic heterocycles. The minimum Gasteiger partial charge on any atom is -0.822 e. The van der Waals surface area contributed by atoms with Gasteiger partial charge in [-0.15, -0.1) is 0 Å². The fraction of sp³-hybridized carbons (Fsp3) is 0. The third-order valence-corrected chi connectivity index (χ3v) is 0. The third kappa shape index (κ3) is 1180. The summed E-state index contributed by atoms with van der Waals surface area (Å²) < 4.78 is 8.55. The van der Waals surface area contributed by atoms with Crippen LogP contribution in [0.2, 0.25) is 0 Å². The van der Waals surface area contributed by atoms with Gasteiger partial charge < -0.3 is 34.3 Å². The van der Waals surface area contributed by atoms with Crippen LogP contribution in [0.25, 0.3) is 0 Å². The van der Waals surface area contributed by atoms with Gasteiger partial charge in [-0.3, -0.25) is 0 Å². The smallest absolute Gasteiger partial charge is 0.822 e. The largest absolute Gasteiger partial charge is 2.00 e. The summed E-state index contributed by atoms with van der Waals surface area (Å²) in [7, 11) is -5.39. The minimum atomic E-state index is -5.39. The predicted molar refractivity (Wildman–Crippen MR) is 36.6 cm³/mol. The molecule has 76 valence electrons. The first-order valence-corrected chi connectivity index (χ1v) is 3.17. The summed E-state index contributed by atoms with van der Waals surface area (Å²) in [6, 6.07) is 0. The predicted octanol–water partition coefficient (Wildman–Crippen LogP) is -6.46. The second kappa shape index (κ2) is 24.7. The molecule has 0 bridgehead atoms. The number of rotatable bonds is 0. The average molecular weight is 278 g/mol. The third-order valence-electron chi connectivity index (χ3n) is 0. The Hall–Kier alpha value is 1.56. The van der Waals surface area contributed by atoms with Crippen LogP contribution in [0.5, 0.6) is 0 Å². The van der Waals surface area contributed by atoms with Gasteiger partial charge in [0.25, 0.3) is 0 Å². The molecule has 10 nitrogen and oxygen atoms in total. The van der Waals surface area contributed by atoms with E-state index in [2.05, 4.69) is 5.04 Å². The van der Waals surface area contributed by atoms with Crippen molar-refractivity contribution in [1.29, 1.82) is 0 Å². The Labute approximate surface area is 132 Å². The van der Waals surface area contributed by atoms with Crippen molar-refractivity contribution in [2.24, 2.45) is 0 Å². The van der Waals surface area contributed by atoms with E-state index in [4.69, 9.17) is 44.8 Å². The number of carbonyl (C=O) groups is 1. The van der Waals surface area contributed by atoms with E-state index in [-0.39, 0.29) is 69.2 Å². The van der Waals surface area contributed by atoms with Crippen molar-refractivity contribution in [3.05, 3.63) is 0 Å². The molecule has 0 aliphatic rings. The summed E-state index contributed by atoms with van der Waals surface area (Å²) in [6.07, 6.45) is -2.33. The molecule has 0 fully saturated rings. The van der Waals surface area contributed by atoms with Crippen LogP contribution in [0.15, 0.2) is 0 Å². The van der Waals surface area contributed by atoms with Gasteiger partial charge in [-0.2, -0.15) is 7.82 Å². The molecular formula is CH2Mg3O10P+. The zero-order valence-corrected chi connectivity index (χ0v) is 12.4. The van der Waals surface area contributed by atoms with Gasteiger partial charge in [-0.05, 0) is 6.16 Å². The van der Waals surface area contributed by atoms with Gasteiger partial charge in [-0.25, -0.2) is 10.5 Å². The van der Waals surface area contributed by atoms with Gasteiger partial charge in [0.05, 0.1) is 0 Å². The Morgan fingerprint density at radius 3 is 1.00 bits per heavy atom. The van der Waals surface area contributed by atoms with E-state index in [1.807, 2.05) is 0 Å². The topological polar surface area (TPSA) is 199 Å². The SMILES string of the molecule is O=C([O-])[O-].O=P([O-])([O-])[O-].OOO.[Mg+2].[Mg+2].[Mg+2]. The molecule has 0 saturated heterocycles. The molecular weight excluding hydrogens is 276 g/mol. The molecule has 0 rings (SSSR count). The van der Waals surface area contributed by atoms with Crippen LogP contribution >= 0.6 is 7.82 Å². The molecule has 0 saturated carbocycles. The molecule has 2 N–H and O–H groups in total. The van der Waals surface area contributed by atoms with E-state index in [1.165, 1.54) is 0 Å². The van der Waals surface area contributed by atoms with Gasteiger partial charge in [0, 0.05) is 0 Å². The first kappa shape index (κ1) is 36.0. The summed E-state index contributed by atoms with van der Waals surface area (Å²) in [6.45, 7) is 0. The number of carbonyl (C=O) groups excluding carboxylic acids is 1. The maximum atomic E-state index is 8.55. The first-order valence-electron chi connectivity index (χ1n) is 1.71. The molecule has 0 radical (unpaired) electrons. The maximum absolute atomic E-state index is 8.55. The van der Waals surface area contributed by atoms with Gasteiger partial charge in [0.1, 0.15) is 0 Å². The Balaban J connectivity index is -0.0000000189. The van der Waals surface area contributed by atoms with Crippen molar-refractivity contribution < 1.29 is 49.8 Å². The summed E-state index contributed by atoms with van der Waals surface area (Å²) in [5, 5.41) is 32.2. The van der Waals surface area contributed by atoms with Gasteiger partial charge >= 0.3 is 69.2 Å². The Morgan fingerprint density at radius 1 is 1.00 bits per heavy atom. The minimum absolute atomic E-state index is 0. The Bertz CT molecular complexity index is 131. The molecule has 0 aromatic rings. The fourth-order valence-electron chi connectivity index (χ4n) is 0. The zero-order valence-electron chi connectivity index (χ0n) is 7.23. The van der Waals surface area contributed by atoms with Crippen molar-refractivity contribution in [3.63, 3.8) is 0 Å². The standard InChI is InChI=1S/CH2O3.3Mg.H3O4P.H2O3/c2-1(3)4;;;;1-5(2,3)4;1-3-2/h(H2,2,3,4);;;;(H3,1,2,3,4);1-2H/q;3*+2;;/p-5. The second-order valence-corrected chi connectivity index (χ2v) is 1.67. The summed E-state index contributed by atoms with van der Waals surface area (Å²) in [4.78, 5) is 34.0. The summed E-state index contributed by atoms with van der Waals surface area (Å²) in [5.74, 6) is 0. The number of hydrogen-bond donors (Lipinski definition) is 2. The first-order chi connectivity index (χ1) is 5.15. The quantitative estimate of drug-likeness (QED) is 0.186. The molecule has 15 heavy (non-hydrogen) atoms. The number of carboxylic acid groups (broad SMARTS) is 2.